The van der Waals surface area contributed by atoms with Gasteiger partial charge in [-0.1, -0.05) is 18.5 Å². The molecular weight excluding hydrogens is 286 g/mol. The average Bonchev–Trinajstić information content (AvgIpc) is 2.77. The fraction of sp³-hybridized carbons (Fsp3) is 0.333. The minimum atomic E-state index is -0.457. The molecule has 0 radical (unpaired) electrons. The van der Waals surface area contributed by atoms with Crippen LogP contribution in [0.15, 0.2) is 27.9 Å². The molecule has 0 amide bonds. The third-order valence-corrected chi connectivity index (χ3v) is 3.89. The van der Waals surface area contributed by atoms with Crippen LogP contribution in [0.3, 0.4) is 0 Å². The maximum atomic E-state index is 12.2. The molecule has 0 unspecified atom stereocenters. The summed E-state index contributed by atoms with van der Waals surface area (Å²) in [5.41, 5.74) is 4.94. The number of rotatable bonds is 4. The summed E-state index contributed by atoms with van der Waals surface area (Å²) in [6, 6.07) is 3.54. The fourth-order valence-electron chi connectivity index (χ4n) is 1.81. The van der Waals surface area contributed by atoms with Crippen LogP contribution in [0.25, 0.3) is 0 Å². The number of anilines is 1. The Kier molecular flexibility index (Phi) is 4.11. The number of aromatic nitrogens is 2. The first-order valence-electron chi connectivity index (χ1n) is 5.87. The van der Waals surface area contributed by atoms with Gasteiger partial charge in [-0.3, -0.25) is 13.9 Å². The van der Waals surface area contributed by atoms with E-state index in [0.717, 1.165) is 15.9 Å². The summed E-state index contributed by atoms with van der Waals surface area (Å²) >= 11 is 7.18. The van der Waals surface area contributed by atoms with Gasteiger partial charge in [0.15, 0.2) is 0 Å². The molecule has 0 atom stereocenters. The summed E-state index contributed by atoms with van der Waals surface area (Å²) in [5, 5.41) is 0. The quantitative estimate of drug-likeness (QED) is 0.935. The van der Waals surface area contributed by atoms with Crippen molar-refractivity contribution >= 4 is 28.6 Å². The fourth-order valence-corrected chi connectivity index (χ4v) is 2.89. The molecular formula is C12H14ClN3O2S. The predicted octanol–water partition coefficient (Wildman–Crippen LogP) is 1.77. The zero-order valence-electron chi connectivity index (χ0n) is 10.4. The van der Waals surface area contributed by atoms with E-state index in [-0.39, 0.29) is 17.9 Å². The maximum absolute atomic E-state index is 12.2. The van der Waals surface area contributed by atoms with Crippen molar-refractivity contribution < 1.29 is 0 Å². The summed E-state index contributed by atoms with van der Waals surface area (Å²) < 4.78 is 3.24. The highest BCUT2D eigenvalue weighted by Crippen LogP contribution is 2.21. The molecule has 2 aromatic heterocycles. The maximum Gasteiger partial charge on any atom is 0.331 e. The van der Waals surface area contributed by atoms with Crippen LogP contribution in [0.2, 0.25) is 4.34 Å². The molecule has 0 fully saturated rings. The molecule has 0 saturated carbocycles. The van der Waals surface area contributed by atoms with E-state index in [0.29, 0.717) is 10.9 Å². The highest BCUT2D eigenvalue weighted by molar-refractivity contribution is 7.16. The van der Waals surface area contributed by atoms with Gasteiger partial charge in [0.2, 0.25) is 0 Å². The number of hydrogen-bond donors (Lipinski definition) is 1. The van der Waals surface area contributed by atoms with Gasteiger partial charge in [-0.2, -0.15) is 0 Å². The summed E-state index contributed by atoms with van der Waals surface area (Å²) in [5.74, 6) is 0. The van der Waals surface area contributed by atoms with Gasteiger partial charge in [0.1, 0.15) is 5.69 Å². The topological polar surface area (TPSA) is 70.0 Å². The molecule has 0 bridgehead atoms. The Morgan fingerprint density at radius 2 is 2.11 bits per heavy atom. The minimum absolute atomic E-state index is 0.0794. The summed E-state index contributed by atoms with van der Waals surface area (Å²) in [6.07, 6.45) is 2.20. The predicted molar refractivity (Wildman–Crippen MR) is 78.1 cm³/mol. The van der Waals surface area contributed by atoms with Crippen LogP contribution >= 0.6 is 22.9 Å². The number of thiophene rings is 1. The monoisotopic (exact) mass is 299 g/mol. The first-order valence-corrected chi connectivity index (χ1v) is 7.06. The summed E-state index contributed by atoms with van der Waals surface area (Å²) in [7, 11) is 0. The van der Waals surface area contributed by atoms with Gasteiger partial charge in [-0.25, -0.2) is 4.79 Å². The lowest BCUT2D eigenvalue weighted by molar-refractivity contribution is 0.575. The Hall–Kier alpha value is -1.53. The average molecular weight is 300 g/mol. The van der Waals surface area contributed by atoms with E-state index >= 15 is 0 Å². The summed E-state index contributed by atoms with van der Waals surface area (Å²) in [4.78, 5) is 25.0. The Morgan fingerprint density at radius 3 is 2.68 bits per heavy atom. The lowest BCUT2D eigenvalue weighted by atomic mass is 10.4. The first-order chi connectivity index (χ1) is 9.02. The van der Waals surface area contributed by atoms with E-state index in [1.54, 1.807) is 12.1 Å². The number of hydrogen-bond acceptors (Lipinski definition) is 4. The number of halogens is 1. The molecule has 0 aliphatic rings. The van der Waals surface area contributed by atoms with Gasteiger partial charge in [0.25, 0.3) is 5.56 Å². The third kappa shape index (κ3) is 2.90. The van der Waals surface area contributed by atoms with Gasteiger partial charge in [-0.05, 0) is 18.6 Å². The molecule has 0 saturated heterocycles. The van der Waals surface area contributed by atoms with Crippen molar-refractivity contribution in [1.82, 2.24) is 9.13 Å². The number of nitrogen functional groups attached to an aromatic ring is 1. The highest BCUT2D eigenvalue weighted by Gasteiger charge is 2.10. The van der Waals surface area contributed by atoms with E-state index in [2.05, 4.69) is 0 Å². The molecule has 0 aliphatic carbocycles. The molecule has 19 heavy (non-hydrogen) atoms. The summed E-state index contributed by atoms with van der Waals surface area (Å²) in [6.45, 7) is 2.69. The second-order valence-corrected chi connectivity index (χ2v) is 5.96. The van der Waals surface area contributed by atoms with E-state index in [1.165, 1.54) is 22.1 Å². The normalized spacial score (nSPS) is 10.8. The molecule has 2 N–H and O–H groups in total. The van der Waals surface area contributed by atoms with Crippen molar-refractivity contribution in [2.45, 2.75) is 26.4 Å². The van der Waals surface area contributed by atoms with Crippen LogP contribution in [0, 0.1) is 0 Å². The molecule has 0 aromatic carbocycles. The van der Waals surface area contributed by atoms with E-state index in [4.69, 9.17) is 17.3 Å². The van der Waals surface area contributed by atoms with Crippen molar-refractivity contribution in [1.29, 1.82) is 0 Å². The lowest BCUT2D eigenvalue weighted by Gasteiger charge is -2.09. The largest absolute Gasteiger partial charge is 0.393 e. The third-order valence-electron chi connectivity index (χ3n) is 2.67. The standard InChI is InChI=1S/C12H14ClN3O2S/c1-2-5-15-7-9(14)11(17)16(12(15)18)6-8-3-4-10(13)19-8/h3-4,7H,2,5-6,14H2,1H3. The zero-order valence-corrected chi connectivity index (χ0v) is 12.0. The SMILES string of the molecule is CCCn1cc(N)c(=O)n(Cc2ccc(Cl)s2)c1=O. The van der Waals surface area contributed by atoms with Crippen LogP contribution in [0.1, 0.15) is 18.2 Å². The van der Waals surface area contributed by atoms with Gasteiger partial charge >= 0.3 is 5.69 Å². The Labute approximate surface area is 118 Å². The number of nitrogens with two attached hydrogens (primary N) is 1. The lowest BCUT2D eigenvalue weighted by Crippen LogP contribution is -2.40. The van der Waals surface area contributed by atoms with E-state index in [9.17, 15) is 9.59 Å². The van der Waals surface area contributed by atoms with E-state index in [1.807, 2.05) is 6.92 Å². The molecule has 2 heterocycles. The van der Waals surface area contributed by atoms with Gasteiger partial charge in [0.05, 0.1) is 10.9 Å². The smallest absolute Gasteiger partial charge is 0.331 e. The van der Waals surface area contributed by atoms with E-state index < -0.39 is 5.56 Å². The Bertz CT molecular complexity index is 702. The van der Waals surface area contributed by atoms with Gasteiger partial charge in [0, 0.05) is 17.6 Å². The second-order valence-electron chi connectivity index (χ2n) is 4.16. The van der Waals surface area contributed by atoms with Crippen LogP contribution in [-0.4, -0.2) is 9.13 Å². The highest BCUT2D eigenvalue weighted by atomic mass is 35.5. The van der Waals surface area contributed by atoms with Crippen molar-refractivity contribution in [3.63, 3.8) is 0 Å². The molecule has 2 rings (SSSR count). The van der Waals surface area contributed by atoms with Crippen molar-refractivity contribution in [2.75, 3.05) is 5.73 Å². The molecule has 0 aliphatic heterocycles. The van der Waals surface area contributed by atoms with Crippen molar-refractivity contribution in [2.24, 2.45) is 0 Å². The zero-order chi connectivity index (χ0) is 14.0. The van der Waals surface area contributed by atoms with Gasteiger partial charge in [-0.15, -0.1) is 11.3 Å². The second kappa shape index (κ2) is 5.63. The molecule has 2 aromatic rings. The minimum Gasteiger partial charge on any atom is -0.393 e. The number of nitrogens with zero attached hydrogens (tertiary/aromatic N) is 2. The Morgan fingerprint density at radius 1 is 1.37 bits per heavy atom. The van der Waals surface area contributed by atoms with Crippen LogP contribution in [-0.2, 0) is 13.1 Å². The van der Waals surface area contributed by atoms with Gasteiger partial charge < -0.3 is 5.73 Å². The van der Waals surface area contributed by atoms with Crippen molar-refractivity contribution in [3.05, 3.63) is 48.4 Å². The van der Waals surface area contributed by atoms with Crippen LogP contribution in [0.5, 0.6) is 0 Å². The molecule has 0 spiro atoms. The number of aryl methyl sites for hydroxylation is 1. The molecule has 5 nitrogen and oxygen atoms in total. The first kappa shape index (κ1) is 13.9. The van der Waals surface area contributed by atoms with Crippen LogP contribution < -0.4 is 17.0 Å². The molecule has 7 heteroatoms. The Balaban J connectivity index is 2.49. The van der Waals surface area contributed by atoms with Crippen LogP contribution in [0.4, 0.5) is 5.69 Å². The van der Waals surface area contributed by atoms with Crippen molar-refractivity contribution in [3.8, 4) is 0 Å². The molecule has 102 valence electrons.